The zero-order valence-corrected chi connectivity index (χ0v) is 10.4. The first kappa shape index (κ1) is 13.5. The summed E-state index contributed by atoms with van der Waals surface area (Å²) < 4.78 is 0. The molecule has 2 heteroatoms. The Labute approximate surface area is 88.7 Å². The lowest BCUT2D eigenvalue weighted by molar-refractivity contribution is -0.131. The van der Waals surface area contributed by atoms with Gasteiger partial charge in [-0.05, 0) is 18.3 Å². The third-order valence-electron chi connectivity index (χ3n) is 2.79. The molecule has 0 aliphatic carbocycles. The van der Waals surface area contributed by atoms with Crippen molar-refractivity contribution in [2.75, 3.05) is 13.6 Å². The predicted molar refractivity (Wildman–Crippen MR) is 61.2 cm³/mol. The Kier molecular flexibility index (Phi) is 5.82. The van der Waals surface area contributed by atoms with Gasteiger partial charge in [-0.2, -0.15) is 0 Å². The van der Waals surface area contributed by atoms with Crippen LogP contribution in [-0.2, 0) is 4.79 Å². The Hall–Kier alpha value is -0.530. The van der Waals surface area contributed by atoms with Crippen molar-refractivity contribution in [3.63, 3.8) is 0 Å². The molecule has 0 aliphatic rings. The molecule has 0 spiro atoms. The second-order valence-electron chi connectivity index (χ2n) is 4.87. The number of hydrogen-bond donors (Lipinski definition) is 0. The summed E-state index contributed by atoms with van der Waals surface area (Å²) in [7, 11) is 1.91. The average molecular weight is 199 g/mol. The van der Waals surface area contributed by atoms with E-state index in [1.165, 1.54) is 0 Å². The Bertz CT molecular complexity index is 175. The van der Waals surface area contributed by atoms with Crippen LogP contribution in [0, 0.1) is 5.41 Å². The van der Waals surface area contributed by atoms with Gasteiger partial charge in [0.15, 0.2) is 0 Å². The molecule has 0 aliphatic heterocycles. The molecule has 0 N–H and O–H groups in total. The van der Waals surface area contributed by atoms with Gasteiger partial charge in [0.25, 0.3) is 0 Å². The first-order chi connectivity index (χ1) is 6.43. The molecule has 0 saturated heterocycles. The number of unbranched alkanes of at least 4 members (excludes halogenated alkanes) is 1. The number of rotatable bonds is 6. The van der Waals surface area contributed by atoms with Crippen molar-refractivity contribution >= 4 is 5.91 Å². The molecule has 14 heavy (non-hydrogen) atoms. The Balaban J connectivity index is 3.94. The third kappa shape index (κ3) is 5.25. The van der Waals surface area contributed by atoms with Gasteiger partial charge in [-0.15, -0.1) is 0 Å². The largest absolute Gasteiger partial charge is 0.345 e. The van der Waals surface area contributed by atoms with E-state index in [0.717, 1.165) is 25.8 Å². The average Bonchev–Trinajstić information content (AvgIpc) is 2.13. The van der Waals surface area contributed by atoms with Crippen LogP contribution in [0.2, 0.25) is 0 Å². The lowest BCUT2D eigenvalue weighted by Crippen LogP contribution is -2.35. The molecule has 0 radical (unpaired) electrons. The second-order valence-corrected chi connectivity index (χ2v) is 4.87. The van der Waals surface area contributed by atoms with E-state index in [1.54, 1.807) is 0 Å². The summed E-state index contributed by atoms with van der Waals surface area (Å²) in [5.74, 6) is 0.286. The van der Waals surface area contributed by atoms with Crippen LogP contribution in [0.3, 0.4) is 0 Å². The lowest BCUT2D eigenvalue weighted by atomic mass is 9.90. The van der Waals surface area contributed by atoms with Crippen molar-refractivity contribution in [2.24, 2.45) is 5.41 Å². The topological polar surface area (TPSA) is 20.3 Å². The van der Waals surface area contributed by atoms with Gasteiger partial charge in [0.1, 0.15) is 0 Å². The number of carbonyl (C=O) groups is 1. The van der Waals surface area contributed by atoms with Crippen LogP contribution in [-0.4, -0.2) is 24.4 Å². The number of nitrogens with zero attached hydrogens (tertiary/aromatic N) is 1. The molecule has 0 rings (SSSR count). The summed E-state index contributed by atoms with van der Waals surface area (Å²) >= 11 is 0. The van der Waals surface area contributed by atoms with Gasteiger partial charge in [-0.3, -0.25) is 4.79 Å². The van der Waals surface area contributed by atoms with Crippen molar-refractivity contribution in [3.8, 4) is 0 Å². The van der Waals surface area contributed by atoms with Gasteiger partial charge in [0, 0.05) is 20.0 Å². The normalized spacial score (nSPS) is 11.5. The summed E-state index contributed by atoms with van der Waals surface area (Å²) in [6.07, 6.45) is 3.91. The molecule has 0 aromatic rings. The molecule has 0 aromatic heterocycles. The molecule has 0 unspecified atom stereocenters. The zero-order valence-electron chi connectivity index (χ0n) is 10.4. The van der Waals surface area contributed by atoms with Crippen LogP contribution in [0.5, 0.6) is 0 Å². The molecule has 0 bridgehead atoms. The molecule has 0 heterocycles. The van der Waals surface area contributed by atoms with E-state index in [1.807, 2.05) is 11.9 Å². The minimum atomic E-state index is 0.247. The summed E-state index contributed by atoms with van der Waals surface area (Å²) in [4.78, 5) is 13.5. The van der Waals surface area contributed by atoms with Crippen LogP contribution in [0.1, 0.15) is 53.4 Å². The summed E-state index contributed by atoms with van der Waals surface area (Å²) in [5, 5.41) is 0. The van der Waals surface area contributed by atoms with Crippen LogP contribution in [0.15, 0.2) is 0 Å². The highest BCUT2D eigenvalue weighted by Crippen LogP contribution is 2.20. The van der Waals surface area contributed by atoms with Gasteiger partial charge in [0.05, 0.1) is 0 Å². The van der Waals surface area contributed by atoms with Crippen molar-refractivity contribution in [2.45, 2.75) is 53.4 Å². The zero-order chi connectivity index (χ0) is 11.2. The smallest absolute Gasteiger partial charge is 0.222 e. The van der Waals surface area contributed by atoms with E-state index in [4.69, 9.17) is 0 Å². The number of carbonyl (C=O) groups excluding carboxylic acids is 1. The van der Waals surface area contributed by atoms with Crippen LogP contribution < -0.4 is 0 Å². The van der Waals surface area contributed by atoms with Gasteiger partial charge in [-0.25, -0.2) is 0 Å². The minimum absolute atomic E-state index is 0.247. The van der Waals surface area contributed by atoms with Gasteiger partial charge >= 0.3 is 0 Å². The van der Waals surface area contributed by atoms with Gasteiger partial charge in [0.2, 0.25) is 5.91 Å². The van der Waals surface area contributed by atoms with Crippen LogP contribution >= 0.6 is 0 Å². The maximum Gasteiger partial charge on any atom is 0.222 e. The molecule has 0 atom stereocenters. The molecule has 1 amide bonds. The summed E-state index contributed by atoms with van der Waals surface area (Å²) in [5.41, 5.74) is 0.247. The Morgan fingerprint density at radius 2 is 1.86 bits per heavy atom. The predicted octanol–water partition coefficient (Wildman–Crippen LogP) is 3.07. The molecule has 0 saturated carbocycles. The first-order valence-electron chi connectivity index (χ1n) is 5.67. The van der Waals surface area contributed by atoms with Crippen molar-refractivity contribution < 1.29 is 4.79 Å². The van der Waals surface area contributed by atoms with E-state index in [0.29, 0.717) is 6.42 Å². The number of hydrogen-bond acceptors (Lipinski definition) is 1. The molecule has 0 aromatic carbocycles. The molecule has 0 fully saturated rings. The molecular weight excluding hydrogens is 174 g/mol. The molecule has 2 nitrogen and oxygen atoms in total. The van der Waals surface area contributed by atoms with Gasteiger partial charge < -0.3 is 4.90 Å². The van der Waals surface area contributed by atoms with E-state index < -0.39 is 0 Å². The first-order valence-corrected chi connectivity index (χ1v) is 5.67. The maximum absolute atomic E-state index is 11.6. The van der Waals surface area contributed by atoms with Gasteiger partial charge in [-0.1, -0.05) is 34.1 Å². The summed E-state index contributed by atoms with van der Waals surface area (Å²) in [6.45, 7) is 9.56. The van der Waals surface area contributed by atoms with Crippen molar-refractivity contribution in [1.29, 1.82) is 0 Å². The van der Waals surface area contributed by atoms with Crippen molar-refractivity contribution in [1.82, 2.24) is 4.90 Å². The van der Waals surface area contributed by atoms with Crippen molar-refractivity contribution in [3.05, 3.63) is 0 Å². The standard InChI is InChI=1S/C12H25NO/c1-6-8-9-11(14)13(5)10-12(3,4)7-2/h6-10H2,1-5H3. The fourth-order valence-electron chi connectivity index (χ4n) is 1.36. The molecular formula is C12H25NO. The lowest BCUT2D eigenvalue weighted by Gasteiger charge is -2.29. The van der Waals surface area contributed by atoms with E-state index in [9.17, 15) is 4.79 Å². The maximum atomic E-state index is 11.6. The Morgan fingerprint density at radius 1 is 1.29 bits per heavy atom. The van der Waals surface area contributed by atoms with E-state index in [-0.39, 0.29) is 11.3 Å². The second kappa shape index (κ2) is 6.05. The molecule has 84 valence electrons. The monoisotopic (exact) mass is 199 g/mol. The van der Waals surface area contributed by atoms with E-state index in [2.05, 4.69) is 27.7 Å². The fourth-order valence-corrected chi connectivity index (χ4v) is 1.36. The highest BCUT2D eigenvalue weighted by Gasteiger charge is 2.20. The highest BCUT2D eigenvalue weighted by molar-refractivity contribution is 5.75. The minimum Gasteiger partial charge on any atom is -0.345 e. The fraction of sp³-hybridized carbons (Fsp3) is 0.917. The number of amides is 1. The SMILES string of the molecule is CCCCC(=O)N(C)CC(C)(C)CC. The quantitative estimate of drug-likeness (QED) is 0.644. The third-order valence-corrected chi connectivity index (χ3v) is 2.79. The Morgan fingerprint density at radius 3 is 2.29 bits per heavy atom. The highest BCUT2D eigenvalue weighted by atomic mass is 16.2. The summed E-state index contributed by atoms with van der Waals surface area (Å²) in [6, 6.07) is 0. The van der Waals surface area contributed by atoms with Crippen LogP contribution in [0.4, 0.5) is 0 Å². The van der Waals surface area contributed by atoms with E-state index >= 15 is 0 Å². The van der Waals surface area contributed by atoms with Crippen LogP contribution in [0.25, 0.3) is 0 Å².